The molecule has 0 amide bonds. The normalized spacial score (nSPS) is 13.2. The van der Waals surface area contributed by atoms with Crippen LogP contribution in [0.5, 0.6) is 0 Å². The van der Waals surface area contributed by atoms with Gasteiger partial charge in [-0.3, -0.25) is 0 Å². The van der Waals surface area contributed by atoms with Gasteiger partial charge in [-0.2, -0.15) is 26.3 Å². The van der Waals surface area contributed by atoms with E-state index in [1.54, 1.807) is 0 Å². The molecule has 1 aromatic rings. The summed E-state index contributed by atoms with van der Waals surface area (Å²) in [6, 6.07) is 2.01. The highest BCUT2D eigenvalue weighted by molar-refractivity contribution is 8.00. The van der Waals surface area contributed by atoms with Crippen molar-refractivity contribution in [1.29, 1.82) is 0 Å². The lowest BCUT2D eigenvalue weighted by Crippen LogP contribution is -2.05. The Hall–Kier alpha value is -0.440. The third-order valence-corrected chi connectivity index (χ3v) is 3.17. The van der Waals surface area contributed by atoms with Gasteiger partial charge in [0.05, 0.1) is 10.1 Å². The van der Waals surface area contributed by atoms with Gasteiger partial charge in [0.1, 0.15) is 0 Å². The number of nitrogens with zero attached hydrogens (tertiary/aromatic N) is 1. The van der Waals surface area contributed by atoms with Crippen molar-refractivity contribution < 1.29 is 26.3 Å². The van der Waals surface area contributed by atoms with Gasteiger partial charge in [0.25, 0.3) is 0 Å². The van der Waals surface area contributed by atoms with E-state index in [9.17, 15) is 26.3 Å². The van der Waals surface area contributed by atoms with Crippen molar-refractivity contribution in [2.45, 2.75) is 21.1 Å². The van der Waals surface area contributed by atoms with Crippen LogP contribution < -0.4 is 0 Å². The second kappa shape index (κ2) is 4.44. The van der Waals surface area contributed by atoms with Crippen LogP contribution >= 0.6 is 23.5 Å². The summed E-state index contributed by atoms with van der Waals surface area (Å²) in [6.07, 6.45) is 0. The summed E-state index contributed by atoms with van der Waals surface area (Å²) in [5.41, 5.74) is -9.02. The first kappa shape index (κ1) is 13.6. The van der Waals surface area contributed by atoms with E-state index in [4.69, 9.17) is 0 Å². The Balaban J connectivity index is 2.85. The average molecular weight is 281 g/mol. The number of hydrogen-bond donors (Lipinski definition) is 0. The maximum atomic E-state index is 12.0. The summed E-state index contributed by atoms with van der Waals surface area (Å²) in [7, 11) is 1.15. The minimum atomic E-state index is -4.51. The minimum Gasteiger partial charge on any atom is -0.334 e. The van der Waals surface area contributed by atoms with Crippen LogP contribution in [0.3, 0.4) is 0 Å². The zero-order valence-corrected chi connectivity index (χ0v) is 9.32. The summed E-state index contributed by atoms with van der Waals surface area (Å²) >= 11 is -0.887. The fraction of sp³-hybridized carbons (Fsp3) is 0.429. The van der Waals surface area contributed by atoms with Crippen LogP contribution in [-0.2, 0) is 7.05 Å². The summed E-state index contributed by atoms with van der Waals surface area (Å²) in [5.74, 6) is 0. The third-order valence-electron chi connectivity index (χ3n) is 1.47. The Kier molecular flexibility index (Phi) is 3.78. The molecule has 0 bridgehead atoms. The van der Waals surface area contributed by atoms with Crippen molar-refractivity contribution in [2.75, 3.05) is 0 Å². The largest absolute Gasteiger partial charge is 0.447 e. The van der Waals surface area contributed by atoms with Crippen LogP contribution in [-0.4, -0.2) is 15.6 Å². The molecule has 0 aliphatic rings. The molecule has 0 spiro atoms. The minimum absolute atomic E-state index is 0.278. The molecule has 1 rings (SSSR count). The fourth-order valence-electron chi connectivity index (χ4n) is 0.917. The first-order valence-electron chi connectivity index (χ1n) is 3.76. The first-order valence-corrected chi connectivity index (χ1v) is 5.39. The molecule has 1 aromatic heterocycles. The van der Waals surface area contributed by atoms with Crippen molar-refractivity contribution in [3.05, 3.63) is 12.1 Å². The van der Waals surface area contributed by atoms with Crippen molar-refractivity contribution in [3.63, 3.8) is 0 Å². The lowest BCUT2D eigenvalue weighted by atomic mass is 10.7. The molecule has 0 radical (unpaired) electrons. The molecule has 9 heteroatoms. The number of hydrogen-bond acceptors (Lipinski definition) is 2. The van der Waals surface area contributed by atoms with Gasteiger partial charge in [-0.15, -0.1) is 0 Å². The summed E-state index contributed by atoms with van der Waals surface area (Å²) in [4.78, 5) is 0. The molecule has 0 N–H and O–H groups in total. The van der Waals surface area contributed by atoms with Crippen molar-refractivity contribution in [3.8, 4) is 0 Å². The number of halogens is 6. The lowest BCUT2D eigenvalue weighted by Gasteiger charge is -2.09. The number of thioether (sulfide) groups is 2. The molecule has 1 nitrogen and oxygen atoms in total. The van der Waals surface area contributed by atoms with E-state index in [2.05, 4.69) is 0 Å². The van der Waals surface area contributed by atoms with Gasteiger partial charge in [0, 0.05) is 30.6 Å². The van der Waals surface area contributed by atoms with E-state index in [-0.39, 0.29) is 10.1 Å². The van der Waals surface area contributed by atoms with Gasteiger partial charge in [0.2, 0.25) is 0 Å². The highest BCUT2D eigenvalue weighted by atomic mass is 32.2. The predicted molar refractivity (Wildman–Crippen MR) is 49.2 cm³/mol. The first-order chi connectivity index (χ1) is 7.08. The van der Waals surface area contributed by atoms with E-state index < -0.39 is 34.5 Å². The lowest BCUT2D eigenvalue weighted by molar-refractivity contribution is -0.0335. The van der Waals surface area contributed by atoms with Gasteiger partial charge in [-0.1, -0.05) is 0 Å². The highest BCUT2D eigenvalue weighted by Gasteiger charge is 2.33. The van der Waals surface area contributed by atoms with Gasteiger partial charge in [-0.05, 0) is 12.1 Å². The van der Waals surface area contributed by atoms with Gasteiger partial charge in [0.15, 0.2) is 0 Å². The molecule has 0 aromatic carbocycles. The van der Waals surface area contributed by atoms with Gasteiger partial charge < -0.3 is 4.57 Å². The fourth-order valence-corrected chi connectivity index (χ4v) is 2.19. The molecular weight excluding hydrogens is 276 g/mol. The highest BCUT2D eigenvalue weighted by Crippen LogP contribution is 2.42. The van der Waals surface area contributed by atoms with Crippen molar-refractivity contribution in [2.24, 2.45) is 7.05 Å². The quantitative estimate of drug-likeness (QED) is 0.590. The van der Waals surface area contributed by atoms with E-state index in [0.717, 1.165) is 23.7 Å². The molecule has 0 fully saturated rings. The number of rotatable bonds is 2. The summed E-state index contributed by atoms with van der Waals surface area (Å²) < 4.78 is 72.8. The Morgan fingerprint density at radius 1 is 0.875 bits per heavy atom. The second-order valence-corrected chi connectivity index (χ2v) is 4.84. The number of alkyl halides is 6. The molecule has 0 saturated carbocycles. The standard InChI is InChI=1S/C7H5F6NS2/c1-14-4(15-6(8,9)10)2-3-5(14)16-7(11,12)13/h2-3H,1H3. The maximum Gasteiger partial charge on any atom is 0.447 e. The SMILES string of the molecule is Cn1c(SC(F)(F)F)ccc1SC(F)(F)F. The second-order valence-electron chi connectivity index (χ2n) is 2.66. The molecule has 0 aliphatic heterocycles. The van der Waals surface area contributed by atoms with E-state index in [1.165, 1.54) is 0 Å². The zero-order valence-electron chi connectivity index (χ0n) is 7.69. The molecule has 0 atom stereocenters. The number of aromatic nitrogens is 1. The molecule has 92 valence electrons. The summed E-state index contributed by atoms with van der Waals surface area (Å²) in [5, 5.41) is -0.557. The molecular formula is C7H5F6NS2. The molecule has 0 aliphatic carbocycles. The Morgan fingerprint density at radius 2 is 1.19 bits per heavy atom. The smallest absolute Gasteiger partial charge is 0.334 e. The van der Waals surface area contributed by atoms with Crippen LogP contribution in [0.2, 0.25) is 0 Å². The van der Waals surface area contributed by atoms with Gasteiger partial charge in [-0.25, -0.2) is 0 Å². The Bertz CT molecular complexity index is 332. The summed E-state index contributed by atoms with van der Waals surface area (Å²) in [6.45, 7) is 0. The van der Waals surface area contributed by atoms with E-state index in [0.29, 0.717) is 0 Å². The van der Waals surface area contributed by atoms with Crippen LogP contribution in [0.25, 0.3) is 0 Å². The predicted octanol–water partition coefficient (Wildman–Crippen LogP) is 4.25. The maximum absolute atomic E-state index is 12.0. The van der Waals surface area contributed by atoms with Gasteiger partial charge >= 0.3 is 11.0 Å². The van der Waals surface area contributed by atoms with E-state index in [1.807, 2.05) is 0 Å². The topological polar surface area (TPSA) is 4.93 Å². The molecule has 16 heavy (non-hydrogen) atoms. The van der Waals surface area contributed by atoms with Crippen LogP contribution in [0.15, 0.2) is 22.2 Å². The van der Waals surface area contributed by atoms with Crippen molar-refractivity contribution >= 4 is 23.5 Å². The zero-order chi connectivity index (χ0) is 12.6. The third kappa shape index (κ3) is 4.20. The molecule has 0 saturated heterocycles. The van der Waals surface area contributed by atoms with Crippen molar-refractivity contribution in [1.82, 2.24) is 4.57 Å². The van der Waals surface area contributed by atoms with Crippen LogP contribution in [0, 0.1) is 0 Å². The Morgan fingerprint density at radius 3 is 1.44 bits per heavy atom. The molecule has 1 heterocycles. The molecule has 0 unspecified atom stereocenters. The monoisotopic (exact) mass is 281 g/mol. The van der Waals surface area contributed by atoms with Crippen LogP contribution in [0.4, 0.5) is 26.3 Å². The van der Waals surface area contributed by atoms with E-state index >= 15 is 0 Å². The Labute approximate surface area is 95.2 Å². The average Bonchev–Trinajstić information content (AvgIpc) is 2.30. The van der Waals surface area contributed by atoms with Crippen LogP contribution in [0.1, 0.15) is 0 Å².